The Morgan fingerprint density at radius 1 is 1.24 bits per heavy atom. The minimum absolute atomic E-state index is 0.0670. The molecule has 1 saturated carbocycles. The summed E-state index contributed by atoms with van der Waals surface area (Å²) in [6.45, 7) is 5.39. The van der Waals surface area contributed by atoms with E-state index in [1.54, 1.807) is 0 Å². The van der Waals surface area contributed by atoms with Crippen molar-refractivity contribution in [3.63, 3.8) is 0 Å². The van der Waals surface area contributed by atoms with E-state index in [4.69, 9.17) is 4.74 Å². The average molecular weight is 290 g/mol. The van der Waals surface area contributed by atoms with E-state index in [2.05, 4.69) is 17.6 Å². The Bertz CT molecular complexity index is 445. The van der Waals surface area contributed by atoms with Gasteiger partial charge in [0.1, 0.15) is 5.75 Å². The molecule has 4 nitrogen and oxygen atoms in total. The van der Waals surface area contributed by atoms with Crippen LogP contribution in [0.15, 0.2) is 24.3 Å². The summed E-state index contributed by atoms with van der Waals surface area (Å²) >= 11 is 0. The maximum Gasteiger partial charge on any atom is 0.315 e. The second-order valence-corrected chi connectivity index (χ2v) is 5.77. The van der Waals surface area contributed by atoms with Crippen LogP contribution in [-0.4, -0.2) is 18.7 Å². The molecule has 21 heavy (non-hydrogen) atoms. The van der Waals surface area contributed by atoms with Gasteiger partial charge in [-0.1, -0.05) is 31.9 Å². The van der Waals surface area contributed by atoms with Gasteiger partial charge >= 0.3 is 6.03 Å². The molecule has 2 N–H and O–H groups in total. The number of nitrogens with one attached hydrogen (secondary N) is 2. The van der Waals surface area contributed by atoms with Crippen LogP contribution in [0.25, 0.3) is 0 Å². The van der Waals surface area contributed by atoms with Gasteiger partial charge < -0.3 is 15.4 Å². The first-order valence-electron chi connectivity index (χ1n) is 7.95. The van der Waals surface area contributed by atoms with Gasteiger partial charge in [0.25, 0.3) is 0 Å². The quantitative estimate of drug-likeness (QED) is 0.872. The van der Waals surface area contributed by atoms with Crippen LogP contribution in [0.3, 0.4) is 0 Å². The van der Waals surface area contributed by atoms with Gasteiger partial charge in [-0.2, -0.15) is 0 Å². The van der Waals surface area contributed by atoms with Crippen LogP contribution in [0.5, 0.6) is 5.75 Å². The first kappa shape index (κ1) is 15.7. The summed E-state index contributed by atoms with van der Waals surface area (Å²) in [6, 6.07) is 8.08. The van der Waals surface area contributed by atoms with E-state index in [1.807, 2.05) is 31.2 Å². The van der Waals surface area contributed by atoms with E-state index in [9.17, 15) is 4.79 Å². The Morgan fingerprint density at radius 3 is 2.62 bits per heavy atom. The molecule has 1 aromatic rings. The molecule has 116 valence electrons. The fraction of sp³-hybridized carbons (Fsp3) is 0.588. The lowest BCUT2D eigenvalue weighted by molar-refractivity contribution is 0.221. The predicted molar refractivity (Wildman–Crippen MR) is 84.4 cm³/mol. The summed E-state index contributed by atoms with van der Waals surface area (Å²) in [5, 5.41) is 6.02. The molecule has 1 aromatic carbocycles. The van der Waals surface area contributed by atoms with Crippen molar-refractivity contribution in [2.24, 2.45) is 5.92 Å². The first-order chi connectivity index (χ1) is 10.2. The van der Waals surface area contributed by atoms with E-state index in [0.29, 0.717) is 25.1 Å². The Morgan fingerprint density at radius 2 is 1.95 bits per heavy atom. The lowest BCUT2D eigenvalue weighted by Gasteiger charge is -2.29. The highest BCUT2D eigenvalue weighted by molar-refractivity contribution is 5.74. The largest absolute Gasteiger partial charge is 0.494 e. The third kappa shape index (κ3) is 4.96. The smallest absolute Gasteiger partial charge is 0.315 e. The number of amides is 2. The third-order valence-electron chi connectivity index (χ3n) is 4.12. The molecule has 2 unspecified atom stereocenters. The van der Waals surface area contributed by atoms with Gasteiger partial charge in [-0.15, -0.1) is 0 Å². The van der Waals surface area contributed by atoms with Crippen molar-refractivity contribution < 1.29 is 9.53 Å². The molecule has 0 aromatic heterocycles. The lowest BCUT2D eigenvalue weighted by Crippen LogP contribution is -2.45. The summed E-state index contributed by atoms with van der Waals surface area (Å²) < 4.78 is 5.40. The van der Waals surface area contributed by atoms with E-state index in [-0.39, 0.29) is 6.03 Å². The van der Waals surface area contributed by atoms with Gasteiger partial charge in [-0.05, 0) is 43.4 Å². The summed E-state index contributed by atoms with van der Waals surface area (Å²) in [4.78, 5) is 12.0. The van der Waals surface area contributed by atoms with Gasteiger partial charge in [0, 0.05) is 12.6 Å². The number of carbonyl (C=O) groups is 1. The van der Waals surface area contributed by atoms with Crippen LogP contribution >= 0.6 is 0 Å². The van der Waals surface area contributed by atoms with E-state index in [1.165, 1.54) is 19.3 Å². The molecule has 0 spiro atoms. The van der Waals surface area contributed by atoms with Crippen molar-refractivity contribution in [1.29, 1.82) is 0 Å². The van der Waals surface area contributed by atoms with Crippen LogP contribution in [0.1, 0.15) is 45.1 Å². The first-order valence-corrected chi connectivity index (χ1v) is 7.95. The fourth-order valence-corrected chi connectivity index (χ4v) is 2.80. The molecule has 0 saturated heterocycles. The van der Waals surface area contributed by atoms with Gasteiger partial charge in [0.15, 0.2) is 0 Å². The molecule has 2 atom stereocenters. The summed E-state index contributed by atoms with van der Waals surface area (Å²) in [5.74, 6) is 1.44. The van der Waals surface area contributed by atoms with Crippen LogP contribution in [0.2, 0.25) is 0 Å². The van der Waals surface area contributed by atoms with Crippen molar-refractivity contribution in [2.75, 3.05) is 6.61 Å². The number of hydrogen-bond acceptors (Lipinski definition) is 2. The van der Waals surface area contributed by atoms with Gasteiger partial charge in [-0.25, -0.2) is 4.79 Å². The number of rotatable bonds is 5. The number of hydrogen-bond donors (Lipinski definition) is 2. The van der Waals surface area contributed by atoms with Gasteiger partial charge in [0.2, 0.25) is 0 Å². The second-order valence-electron chi connectivity index (χ2n) is 5.77. The van der Waals surface area contributed by atoms with E-state index in [0.717, 1.165) is 17.7 Å². The Hall–Kier alpha value is -1.71. The maximum atomic E-state index is 12.0. The topological polar surface area (TPSA) is 50.4 Å². The van der Waals surface area contributed by atoms with Crippen molar-refractivity contribution in [2.45, 2.75) is 52.1 Å². The molecule has 2 amide bonds. The Kier molecular flexibility index (Phi) is 5.90. The molecule has 2 rings (SSSR count). The highest BCUT2D eigenvalue weighted by Crippen LogP contribution is 2.23. The normalized spacial score (nSPS) is 21.6. The summed E-state index contributed by atoms with van der Waals surface area (Å²) in [6.07, 6.45) is 4.81. The maximum absolute atomic E-state index is 12.0. The molecule has 0 bridgehead atoms. The zero-order chi connectivity index (χ0) is 15.1. The number of carbonyl (C=O) groups excluding carboxylic acids is 1. The second kappa shape index (κ2) is 7.91. The summed E-state index contributed by atoms with van der Waals surface area (Å²) in [7, 11) is 0. The molecule has 4 heteroatoms. The van der Waals surface area contributed by atoms with E-state index >= 15 is 0 Å². The molecular weight excluding hydrogens is 264 g/mol. The van der Waals surface area contributed by atoms with Gasteiger partial charge in [0.05, 0.1) is 6.61 Å². The van der Waals surface area contributed by atoms with Crippen LogP contribution in [0, 0.1) is 5.92 Å². The molecular formula is C17H26N2O2. The number of urea groups is 1. The molecule has 0 heterocycles. The lowest BCUT2D eigenvalue weighted by atomic mass is 9.86. The number of ether oxygens (including phenoxy) is 1. The average Bonchev–Trinajstić information content (AvgIpc) is 2.49. The molecule has 1 fully saturated rings. The van der Waals surface area contributed by atoms with Crippen LogP contribution < -0.4 is 15.4 Å². The Balaban J connectivity index is 1.75. The van der Waals surface area contributed by atoms with Crippen LogP contribution in [-0.2, 0) is 6.54 Å². The fourth-order valence-electron chi connectivity index (χ4n) is 2.80. The molecule has 1 aliphatic carbocycles. The highest BCUT2D eigenvalue weighted by atomic mass is 16.5. The van der Waals surface area contributed by atoms with Crippen molar-refractivity contribution >= 4 is 6.03 Å². The molecule has 0 aliphatic heterocycles. The standard InChI is InChI=1S/C17H26N2O2/c1-3-21-15-10-8-14(9-11-15)12-18-17(20)19-16-7-5-4-6-13(16)2/h8-11,13,16H,3-7,12H2,1-2H3,(H2,18,19,20). The van der Waals surface area contributed by atoms with Crippen molar-refractivity contribution in [1.82, 2.24) is 10.6 Å². The molecule has 0 radical (unpaired) electrons. The molecule has 1 aliphatic rings. The SMILES string of the molecule is CCOc1ccc(CNC(=O)NC2CCCCC2C)cc1. The Labute approximate surface area is 127 Å². The predicted octanol–water partition coefficient (Wildman–Crippen LogP) is 3.46. The zero-order valence-electron chi connectivity index (χ0n) is 13.0. The third-order valence-corrected chi connectivity index (χ3v) is 4.12. The van der Waals surface area contributed by atoms with Crippen molar-refractivity contribution in [3.05, 3.63) is 29.8 Å². The summed E-state index contributed by atoms with van der Waals surface area (Å²) in [5.41, 5.74) is 1.07. The zero-order valence-corrected chi connectivity index (χ0v) is 13.0. The van der Waals surface area contributed by atoms with Crippen LogP contribution in [0.4, 0.5) is 4.79 Å². The highest BCUT2D eigenvalue weighted by Gasteiger charge is 2.22. The van der Waals surface area contributed by atoms with Gasteiger partial charge in [-0.3, -0.25) is 0 Å². The minimum atomic E-state index is -0.0670. The number of benzene rings is 1. The minimum Gasteiger partial charge on any atom is -0.494 e. The van der Waals surface area contributed by atoms with Crippen molar-refractivity contribution in [3.8, 4) is 5.75 Å². The van der Waals surface area contributed by atoms with E-state index < -0.39 is 0 Å². The monoisotopic (exact) mass is 290 g/mol.